The van der Waals surface area contributed by atoms with Crippen LogP contribution in [0.5, 0.6) is 23.0 Å². The highest BCUT2D eigenvalue weighted by atomic mass is 32.2. The van der Waals surface area contributed by atoms with Gasteiger partial charge >= 0.3 is 0 Å². The average molecular weight is 1740 g/mol. The van der Waals surface area contributed by atoms with Crippen LogP contribution in [-0.4, -0.2) is 60.1 Å². The summed E-state index contributed by atoms with van der Waals surface area (Å²) in [6.07, 6.45) is 47.9. The van der Waals surface area contributed by atoms with Crippen LogP contribution in [0.1, 0.15) is 307 Å². The SMILES string of the molecule is CCCCCCCCCCCCOc1ccc(S(=O)(=O)Nc2cc(-c3ccccc3COCc3ccccc3-c3cc(NS(=O)(=O)c4ccc(OCCCCCCCCCCCC)cc4)c(C)cc3NS(=O)(=O)c3ccc(OCCCCCCCCCCCC)cc3)c(NS(=O)(=O)c3ccc(OCCCCCCCCCCCC)cc3)cc2C)cc1. The molecule has 4 N–H and O–H groups in total. The first-order valence-corrected chi connectivity index (χ1v) is 51.7. The first-order valence-electron chi connectivity index (χ1n) is 45.8. The van der Waals surface area contributed by atoms with E-state index in [1.165, 1.54) is 228 Å². The van der Waals surface area contributed by atoms with Gasteiger partial charge in [0, 0.05) is 11.1 Å². The molecular weight excluding hydrogens is 1590 g/mol. The van der Waals surface area contributed by atoms with Crippen LogP contribution >= 0.6 is 0 Å². The van der Waals surface area contributed by atoms with Gasteiger partial charge in [-0.15, -0.1) is 0 Å². The zero-order valence-corrected chi connectivity index (χ0v) is 76.9. The molecule has 0 aliphatic heterocycles. The molecule has 0 fully saturated rings. The van der Waals surface area contributed by atoms with Gasteiger partial charge in [0.1, 0.15) is 23.0 Å². The molecule has 664 valence electrons. The molecular formula is C100H142N4O13S4. The molecule has 8 aromatic rings. The Morgan fingerprint density at radius 1 is 0.231 bits per heavy atom. The molecule has 8 rings (SSSR count). The highest BCUT2D eigenvalue weighted by Crippen LogP contribution is 2.41. The van der Waals surface area contributed by atoms with Gasteiger partial charge in [0.25, 0.3) is 40.1 Å². The lowest BCUT2D eigenvalue weighted by Crippen LogP contribution is -2.16. The predicted octanol–water partition coefficient (Wildman–Crippen LogP) is 27.8. The van der Waals surface area contributed by atoms with Crippen molar-refractivity contribution in [3.05, 3.63) is 192 Å². The van der Waals surface area contributed by atoms with Gasteiger partial charge in [-0.3, -0.25) is 18.9 Å². The van der Waals surface area contributed by atoms with Crippen molar-refractivity contribution in [1.29, 1.82) is 0 Å². The van der Waals surface area contributed by atoms with E-state index in [9.17, 15) is 33.7 Å². The van der Waals surface area contributed by atoms with Crippen molar-refractivity contribution in [2.75, 3.05) is 45.3 Å². The Kier molecular flexibility index (Phi) is 44.3. The minimum atomic E-state index is -4.29. The Morgan fingerprint density at radius 3 is 0.669 bits per heavy atom. The second-order valence-electron chi connectivity index (χ2n) is 32.7. The van der Waals surface area contributed by atoms with Crippen LogP contribution < -0.4 is 37.8 Å². The summed E-state index contributed by atoms with van der Waals surface area (Å²) in [5.41, 5.74) is 4.60. The quantitative estimate of drug-likeness (QED) is 0.0260. The number of aryl methyl sites for hydroxylation is 2. The standard InChI is InChI=1S/C100H142N4O13S4/c1-7-11-15-19-23-27-31-35-39-47-71-114-85-55-63-89(64-56-85)118(105,106)101-97-77-95(99(75-81(97)5)103-120(109,110)91-67-59-87(60-68-91)116-73-49-41-37-33-29-25-21-17-13-9-3)93-53-45-43-51-83(93)79-113-80-84-52-44-46-54-94(84)96-78-98(102-119(107,108)90-65-57-86(58-66-90)115-72-48-40-36-32-28-24-20-16-12-8-2)82(6)76-100(96)104-121(111,112)92-69-61-88(62-70-92)117-74-50-42-38-34-30-26-22-18-14-10-4/h43-46,51-70,75-78,101-104H,7-42,47-50,71-74,79-80H2,1-6H3. The van der Waals surface area contributed by atoms with Crippen LogP contribution in [0.25, 0.3) is 22.3 Å². The van der Waals surface area contributed by atoms with Crippen molar-refractivity contribution < 1.29 is 57.4 Å². The van der Waals surface area contributed by atoms with Crippen LogP contribution in [0, 0.1) is 13.8 Å². The van der Waals surface area contributed by atoms with Crippen LogP contribution in [0.2, 0.25) is 0 Å². The van der Waals surface area contributed by atoms with Crippen molar-refractivity contribution in [2.24, 2.45) is 0 Å². The van der Waals surface area contributed by atoms with E-state index in [1.54, 1.807) is 86.6 Å². The van der Waals surface area contributed by atoms with Gasteiger partial charge in [0.05, 0.1) is 82.0 Å². The molecule has 121 heavy (non-hydrogen) atoms. The summed E-state index contributed by atoms with van der Waals surface area (Å²) in [6, 6.07) is 46.4. The fourth-order valence-electron chi connectivity index (χ4n) is 15.1. The van der Waals surface area contributed by atoms with E-state index in [0.29, 0.717) is 93.9 Å². The summed E-state index contributed by atoms with van der Waals surface area (Å²) in [5, 5.41) is 0. The van der Waals surface area contributed by atoms with Gasteiger partial charge in [-0.2, -0.15) is 0 Å². The fourth-order valence-corrected chi connectivity index (χ4v) is 19.5. The first-order chi connectivity index (χ1) is 58.7. The lowest BCUT2D eigenvalue weighted by atomic mass is 9.96. The molecule has 0 heterocycles. The summed E-state index contributed by atoms with van der Waals surface area (Å²) in [7, 11) is -17.0. The summed E-state index contributed by atoms with van der Waals surface area (Å²) in [4.78, 5) is 0.000780. The first kappa shape index (κ1) is 98.4. The third kappa shape index (κ3) is 35.2. The average Bonchev–Trinajstić information content (AvgIpc) is 0.778. The van der Waals surface area contributed by atoms with E-state index in [4.69, 9.17) is 23.7 Å². The zero-order valence-electron chi connectivity index (χ0n) is 73.6. The second kappa shape index (κ2) is 54.5. The largest absolute Gasteiger partial charge is 0.494 e. The van der Waals surface area contributed by atoms with Gasteiger partial charge in [0.15, 0.2) is 0 Å². The van der Waals surface area contributed by atoms with E-state index in [1.807, 2.05) is 48.5 Å². The molecule has 0 bridgehead atoms. The minimum Gasteiger partial charge on any atom is -0.494 e. The number of anilines is 4. The summed E-state index contributed by atoms with van der Waals surface area (Å²) in [5.74, 6) is 2.23. The molecule has 8 aromatic carbocycles. The molecule has 0 spiro atoms. The van der Waals surface area contributed by atoms with E-state index in [0.717, 1.165) is 77.0 Å². The summed E-state index contributed by atoms with van der Waals surface area (Å²) in [6.45, 7) is 14.3. The highest BCUT2D eigenvalue weighted by Gasteiger charge is 2.26. The lowest BCUT2D eigenvalue weighted by Gasteiger charge is -2.21. The van der Waals surface area contributed by atoms with Gasteiger partial charge < -0.3 is 23.7 Å². The van der Waals surface area contributed by atoms with Crippen molar-refractivity contribution in [1.82, 2.24) is 0 Å². The maximum Gasteiger partial charge on any atom is 0.261 e. The fraction of sp³-hybridized carbons (Fsp3) is 0.520. The Balaban J connectivity index is 1.03. The summed E-state index contributed by atoms with van der Waals surface area (Å²) >= 11 is 0. The van der Waals surface area contributed by atoms with Crippen molar-refractivity contribution in [3.8, 4) is 45.3 Å². The number of sulfonamides is 4. The molecule has 0 unspecified atom stereocenters. The van der Waals surface area contributed by atoms with Crippen LogP contribution in [0.4, 0.5) is 22.7 Å². The Labute approximate surface area is 729 Å². The Hall–Kier alpha value is -8.08. The molecule has 0 aromatic heterocycles. The second-order valence-corrected chi connectivity index (χ2v) is 39.4. The number of ether oxygens (including phenoxy) is 5. The van der Waals surface area contributed by atoms with E-state index in [-0.39, 0.29) is 55.5 Å². The number of nitrogens with one attached hydrogen (secondary N) is 4. The topological polar surface area (TPSA) is 231 Å². The number of unbranched alkanes of at least 4 members (excludes halogenated alkanes) is 36. The smallest absolute Gasteiger partial charge is 0.261 e. The van der Waals surface area contributed by atoms with E-state index in [2.05, 4.69) is 46.6 Å². The molecule has 0 aliphatic rings. The number of hydrogen-bond acceptors (Lipinski definition) is 13. The zero-order chi connectivity index (χ0) is 86.2. The van der Waals surface area contributed by atoms with Crippen molar-refractivity contribution >= 4 is 62.8 Å². The normalized spacial score (nSPS) is 11.9. The maximum atomic E-state index is 14.7. The molecule has 0 aliphatic carbocycles. The van der Waals surface area contributed by atoms with Crippen molar-refractivity contribution in [3.63, 3.8) is 0 Å². The molecule has 0 saturated heterocycles. The maximum absolute atomic E-state index is 14.7. The Bertz CT molecular complexity index is 4460. The van der Waals surface area contributed by atoms with Crippen LogP contribution in [-0.2, 0) is 58.0 Å². The number of hydrogen-bond donors (Lipinski definition) is 4. The molecule has 0 saturated carbocycles. The minimum absolute atomic E-state index is 0.00773. The molecule has 0 atom stereocenters. The number of rotatable bonds is 66. The molecule has 0 amide bonds. The third-order valence-electron chi connectivity index (χ3n) is 22.4. The van der Waals surface area contributed by atoms with Crippen LogP contribution in [0.15, 0.2) is 189 Å². The molecule has 0 radical (unpaired) electrons. The van der Waals surface area contributed by atoms with Gasteiger partial charge in [-0.05, 0) is 194 Å². The lowest BCUT2D eigenvalue weighted by molar-refractivity contribution is 0.108. The molecule has 21 heteroatoms. The van der Waals surface area contributed by atoms with Gasteiger partial charge in [-0.25, -0.2) is 33.7 Å². The van der Waals surface area contributed by atoms with Crippen molar-refractivity contribution in [2.45, 2.75) is 331 Å². The summed E-state index contributed by atoms with van der Waals surface area (Å²) < 4.78 is 159. The monoisotopic (exact) mass is 1730 g/mol. The van der Waals surface area contributed by atoms with Gasteiger partial charge in [-0.1, -0.05) is 307 Å². The van der Waals surface area contributed by atoms with Gasteiger partial charge in [0.2, 0.25) is 0 Å². The van der Waals surface area contributed by atoms with Crippen LogP contribution in [0.3, 0.4) is 0 Å². The third-order valence-corrected chi connectivity index (χ3v) is 28.0. The number of benzene rings is 8. The molecule has 17 nitrogen and oxygen atoms in total. The van der Waals surface area contributed by atoms with E-state index >= 15 is 0 Å². The Morgan fingerprint density at radius 2 is 0.438 bits per heavy atom. The van der Waals surface area contributed by atoms with E-state index < -0.39 is 40.1 Å². The highest BCUT2D eigenvalue weighted by molar-refractivity contribution is 7.93. The predicted molar refractivity (Wildman–Crippen MR) is 500 cm³/mol.